The van der Waals surface area contributed by atoms with Gasteiger partial charge in [0.25, 0.3) is 0 Å². The normalized spacial score (nSPS) is 11.0. The molecule has 0 spiro atoms. The molecule has 128 valence electrons. The second-order valence-corrected chi connectivity index (χ2v) is 5.03. The lowest BCUT2D eigenvalue weighted by Gasteiger charge is -2.14. The molecule has 7 heteroatoms. The van der Waals surface area contributed by atoms with Crippen molar-refractivity contribution in [1.82, 2.24) is 5.32 Å². The molecule has 0 fully saturated rings. The van der Waals surface area contributed by atoms with Gasteiger partial charge >= 0.3 is 12.2 Å². The van der Waals surface area contributed by atoms with E-state index in [4.69, 9.17) is 4.74 Å². The largest absolute Gasteiger partial charge is 0.497 e. The summed E-state index contributed by atoms with van der Waals surface area (Å²) in [4.78, 5) is 11.8. The zero-order chi connectivity index (χ0) is 17.6. The third-order valence-electron chi connectivity index (χ3n) is 3.31. The zero-order valence-corrected chi connectivity index (χ0v) is 13.0. The van der Waals surface area contributed by atoms with Gasteiger partial charge in [-0.1, -0.05) is 24.3 Å². The summed E-state index contributed by atoms with van der Waals surface area (Å²) in [5.74, 6) is 0.705. The van der Waals surface area contributed by atoms with Crippen molar-refractivity contribution < 1.29 is 22.7 Å². The summed E-state index contributed by atoms with van der Waals surface area (Å²) in [7, 11) is 1.56. The number of halogens is 3. The number of methoxy groups -OCH3 is 1. The van der Waals surface area contributed by atoms with Crippen LogP contribution in [0.25, 0.3) is 0 Å². The summed E-state index contributed by atoms with van der Waals surface area (Å²) in [6.07, 6.45) is -3.99. The van der Waals surface area contributed by atoms with Gasteiger partial charge in [-0.25, -0.2) is 4.79 Å². The van der Waals surface area contributed by atoms with E-state index in [1.165, 1.54) is 18.2 Å². The Hall–Kier alpha value is -2.70. The Kier molecular flexibility index (Phi) is 5.68. The van der Waals surface area contributed by atoms with Gasteiger partial charge in [0.1, 0.15) is 5.75 Å². The van der Waals surface area contributed by atoms with E-state index in [2.05, 4.69) is 10.6 Å². The number of urea groups is 1. The van der Waals surface area contributed by atoms with Gasteiger partial charge in [0.15, 0.2) is 0 Å². The minimum absolute atomic E-state index is 0.274. The number of carbonyl (C=O) groups is 1. The molecule has 2 N–H and O–H groups in total. The fourth-order valence-electron chi connectivity index (χ4n) is 2.15. The number of para-hydroxylation sites is 1. The van der Waals surface area contributed by atoms with Gasteiger partial charge in [-0.05, 0) is 36.2 Å². The van der Waals surface area contributed by atoms with Crippen LogP contribution in [-0.2, 0) is 12.6 Å². The van der Waals surface area contributed by atoms with Gasteiger partial charge < -0.3 is 15.4 Å². The molecule has 0 aliphatic carbocycles. The van der Waals surface area contributed by atoms with Crippen molar-refractivity contribution >= 4 is 11.7 Å². The average Bonchev–Trinajstić information content (AvgIpc) is 2.54. The number of nitrogens with one attached hydrogen (secondary N) is 2. The molecule has 0 bridgehead atoms. The molecule has 2 aromatic rings. The topological polar surface area (TPSA) is 50.4 Å². The monoisotopic (exact) mass is 338 g/mol. The van der Waals surface area contributed by atoms with Crippen LogP contribution in [0.2, 0.25) is 0 Å². The van der Waals surface area contributed by atoms with E-state index in [0.29, 0.717) is 12.2 Å². The number of benzene rings is 2. The van der Waals surface area contributed by atoms with E-state index in [-0.39, 0.29) is 12.2 Å². The lowest BCUT2D eigenvalue weighted by Crippen LogP contribution is -2.31. The van der Waals surface area contributed by atoms with Crippen LogP contribution in [0.5, 0.6) is 5.75 Å². The summed E-state index contributed by atoms with van der Waals surface area (Å²) in [6.45, 7) is 0.285. The predicted octanol–water partition coefficient (Wildman–Crippen LogP) is 4.08. The van der Waals surface area contributed by atoms with Crippen LogP contribution in [0.4, 0.5) is 23.7 Å². The minimum atomic E-state index is -4.52. The minimum Gasteiger partial charge on any atom is -0.497 e. The first-order chi connectivity index (χ1) is 11.4. The van der Waals surface area contributed by atoms with Crippen LogP contribution in [0.1, 0.15) is 11.1 Å². The molecule has 0 saturated carbocycles. The molecule has 0 aliphatic rings. The average molecular weight is 338 g/mol. The maximum absolute atomic E-state index is 12.9. The lowest BCUT2D eigenvalue weighted by molar-refractivity contribution is -0.136. The molecule has 0 aliphatic heterocycles. The van der Waals surface area contributed by atoms with Crippen LogP contribution < -0.4 is 15.4 Å². The van der Waals surface area contributed by atoms with Crippen LogP contribution >= 0.6 is 0 Å². The van der Waals surface area contributed by atoms with Gasteiger partial charge in [0, 0.05) is 6.54 Å². The van der Waals surface area contributed by atoms with Crippen molar-refractivity contribution in [2.75, 3.05) is 19.0 Å². The van der Waals surface area contributed by atoms with E-state index in [9.17, 15) is 18.0 Å². The van der Waals surface area contributed by atoms with E-state index in [0.717, 1.165) is 11.6 Å². The second kappa shape index (κ2) is 7.72. The van der Waals surface area contributed by atoms with Crippen molar-refractivity contribution in [1.29, 1.82) is 0 Å². The first-order valence-corrected chi connectivity index (χ1v) is 7.24. The van der Waals surface area contributed by atoms with Crippen LogP contribution in [-0.4, -0.2) is 19.7 Å². The number of amides is 2. The molecule has 24 heavy (non-hydrogen) atoms. The number of hydrogen-bond acceptors (Lipinski definition) is 2. The van der Waals surface area contributed by atoms with E-state index in [1.54, 1.807) is 13.2 Å². The fourth-order valence-corrected chi connectivity index (χ4v) is 2.15. The summed E-state index contributed by atoms with van der Waals surface area (Å²) >= 11 is 0. The summed E-state index contributed by atoms with van der Waals surface area (Å²) in [5.41, 5.74) is -0.206. The smallest absolute Gasteiger partial charge is 0.418 e. The molecular weight excluding hydrogens is 321 g/mol. The highest BCUT2D eigenvalue weighted by Crippen LogP contribution is 2.34. The Balaban J connectivity index is 1.90. The van der Waals surface area contributed by atoms with Crippen molar-refractivity contribution in [3.8, 4) is 5.75 Å². The van der Waals surface area contributed by atoms with Gasteiger partial charge in [0.2, 0.25) is 0 Å². The summed E-state index contributed by atoms with van der Waals surface area (Å²) in [6, 6.07) is 11.5. The molecule has 0 heterocycles. The van der Waals surface area contributed by atoms with Crippen molar-refractivity contribution in [2.24, 2.45) is 0 Å². The first-order valence-electron chi connectivity index (χ1n) is 7.24. The van der Waals surface area contributed by atoms with Gasteiger partial charge in [-0.3, -0.25) is 0 Å². The van der Waals surface area contributed by atoms with Crippen molar-refractivity contribution in [3.63, 3.8) is 0 Å². The molecule has 2 rings (SSSR count). The first kappa shape index (κ1) is 17.7. The fraction of sp³-hybridized carbons (Fsp3) is 0.235. The third-order valence-corrected chi connectivity index (χ3v) is 3.31. The second-order valence-electron chi connectivity index (χ2n) is 5.03. The number of ether oxygens (including phenoxy) is 1. The van der Waals surface area contributed by atoms with E-state index >= 15 is 0 Å². The highest BCUT2D eigenvalue weighted by molar-refractivity contribution is 5.90. The van der Waals surface area contributed by atoms with Gasteiger partial charge in [0.05, 0.1) is 18.4 Å². The van der Waals surface area contributed by atoms with Crippen molar-refractivity contribution in [3.05, 3.63) is 59.7 Å². The SMILES string of the molecule is COc1cccc(CCNC(=O)Nc2ccccc2C(F)(F)F)c1. The molecule has 4 nitrogen and oxygen atoms in total. The number of rotatable bonds is 5. The standard InChI is InChI=1S/C17H17F3N2O2/c1-24-13-6-4-5-12(11-13)9-10-21-16(23)22-15-8-3-2-7-14(15)17(18,19)20/h2-8,11H,9-10H2,1H3,(H2,21,22,23). The number of alkyl halides is 3. The lowest BCUT2D eigenvalue weighted by atomic mass is 10.1. The Morgan fingerprint density at radius 3 is 2.58 bits per heavy atom. The molecular formula is C17H17F3N2O2. The molecule has 2 aromatic carbocycles. The van der Waals surface area contributed by atoms with Crippen LogP contribution in [0, 0.1) is 0 Å². The van der Waals surface area contributed by atoms with Gasteiger partial charge in [-0.15, -0.1) is 0 Å². The molecule has 0 aromatic heterocycles. The molecule has 0 unspecified atom stereocenters. The Labute approximate surface area is 137 Å². The highest BCUT2D eigenvalue weighted by Gasteiger charge is 2.33. The number of anilines is 1. The summed E-state index contributed by atoms with van der Waals surface area (Å²) in [5, 5.41) is 4.77. The van der Waals surface area contributed by atoms with Crippen LogP contribution in [0.3, 0.4) is 0 Å². The Morgan fingerprint density at radius 2 is 1.88 bits per heavy atom. The molecule has 0 radical (unpaired) electrons. The third kappa shape index (κ3) is 4.91. The predicted molar refractivity (Wildman–Crippen MR) is 85.2 cm³/mol. The van der Waals surface area contributed by atoms with E-state index in [1.807, 2.05) is 18.2 Å². The molecule has 2 amide bonds. The Morgan fingerprint density at radius 1 is 1.12 bits per heavy atom. The van der Waals surface area contributed by atoms with Crippen molar-refractivity contribution in [2.45, 2.75) is 12.6 Å². The van der Waals surface area contributed by atoms with Crippen LogP contribution in [0.15, 0.2) is 48.5 Å². The number of hydrogen-bond donors (Lipinski definition) is 2. The molecule has 0 saturated heterocycles. The highest BCUT2D eigenvalue weighted by atomic mass is 19.4. The zero-order valence-electron chi connectivity index (χ0n) is 13.0. The Bertz CT molecular complexity index is 702. The maximum atomic E-state index is 12.9. The summed E-state index contributed by atoms with van der Waals surface area (Å²) < 4.78 is 43.7. The van der Waals surface area contributed by atoms with Gasteiger partial charge in [-0.2, -0.15) is 13.2 Å². The maximum Gasteiger partial charge on any atom is 0.418 e. The number of carbonyl (C=O) groups excluding carboxylic acids is 1. The molecule has 0 atom stereocenters. The quantitative estimate of drug-likeness (QED) is 0.863. The van der Waals surface area contributed by atoms with E-state index < -0.39 is 17.8 Å².